The number of carbonyl (C=O) groups is 3. The van der Waals surface area contributed by atoms with E-state index < -0.39 is 17.7 Å². The molecule has 2 atom stereocenters. The lowest BCUT2D eigenvalue weighted by molar-refractivity contribution is -0.127. The molecule has 0 aliphatic heterocycles. The number of aryl methyl sites for hydroxylation is 1. The fraction of sp³-hybridized carbons (Fsp3) is 0.389. The predicted molar refractivity (Wildman–Crippen MR) is 92.9 cm³/mol. The molecule has 0 aliphatic rings. The Bertz CT molecular complexity index is 779. The summed E-state index contributed by atoms with van der Waals surface area (Å²) in [6.07, 6.45) is 0.792. The van der Waals surface area contributed by atoms with Crippen molar-refractivity contribution in [3.8, 4) is 0 Å². The molecule has 0 aliphatic carbocycles. The molecule has 6 heteroatoms. The Morgan fingerprint density at radius 2 is 1.79 bits per heavy atom. The van der Waals surface area contributed by atoms with Crippen molar-refractivity contribution >= 4 is 28.5 Å². The highest BCUT2D eigenvalue weighted by atomic mass is 16.2. The topological polar surface area (TPSA) is 91.1 Å². The average Bonchev–Trinajstić information content (AvgIpc) is 2.89. The fourth-order valence-electron chi connectivity index (χ4n) is 2.48. The first kappa shape index (κ1) is 17.7. The fourth-order valence-corrected chi connectivity index (χ4v) is 2.48. The molecule has 0 saturated carbocycles. The van der Waals surface area contributed by atoms with Gasteiger partial charge in [0.05, 0.1) is 5.56 Å². The summed E-state index contributed by atoms with van der Waals surface area (Å²) >= 11 is 0. The van der Waals surface area contributed by atoms with Gasteiger partial charge < -0.3 is 15.6 Å². The van der Waals surface area contributed by atoms with E-state index in [-0.39, 0.29) is 11.9 Å². The summed E-state index contributed by atoms with van der Waals surface area (Å²) in [6.45, 7) is 7.15. The highest BCUT2D eigenvalue weighted by Gasteiger charge is 2.25. The maximum atomic E-state index is 12.5. The Balaban J connectivity index is 2.13. The molecular formula is C18H23N3O3. The van der Waals surface area contributed by atoms with Crippen molar-refractivity contribution in [1.82, 2.24) is 15.6 Å². The molecule has 0 bridgehead atoms. The molecule has 0 fully saturated rings. The number of benzene rings is 1. The zero-order chi connectivity index (χ0) is 17.9. The molecule has 128 valence electrons. The van der Waals surface area contributed by atoms with Crippen LogP contribution < -0.4 is 10.6 Å². The largest absolute Gasteiger partial charge is 0.358 e. The summed E-state index contributed by atoms with van der Waals surface area (Å²) in [4.78, 5) is 39.9. The lowest BCUT2D eigenvalue weighted by Crippen LogP contribution is -2.49. The van der Waals surface area contributed by atoms with E-state index in [2.05, 4.69) is 15.6 Å². The van der Waals surface area contributed by atoms with E-state index in [1.807, 2.05) is 32.0 Å². The van der Waals surface area contributed by atoms with E-state index in [1.165, 1.54) is 0 Å². The van der Waals surface area contributed by atoms with E-state index in [0.717, 1.165) is 11.9 Å². The minimum Gasteiger partial charge on any atom is -0.358 e. The van der Waals surface area contributed by atoms with Crippen LogP contribution in [0, 0.1) is 6.92 Å². The Hall–Kier alpha value is -2.63. The third-order valence-electron chi connectivity index (χ3n) is 4.07. The first-order valence-corrected chi connectivity index (χ1v) is 8.08. The van der Waals surface area contributed by atoms with Crippen molar-refractivity contribution < 1.29 is 14.4 Å². The van der Waals surface area contributed by atoms with Gasteiger partial charge in [0.25, 0.3) is 11.7 Å². The first-order valence-electron chi connectivity index (χ1n) is 8.08. The van der Waals surface area contributed by atoms with Crippen LogP contribution in [0.5, 0.6) is 0 Å². The second-order valence-electron chi connectivity index (χ2n) is 6.01. The molecule has 0 radical (unpaired) electrons. The number of aromatic amines is 1. The molecule has 2 amide bonds. The van der Waals surface area contributed by atoms with E-state index in [0.29, 0.717) is 16.6 Å². The number of para-hydroxylation sites is 1. The van der Waals surface area contributed by atoms with Gasteiger partial charge in [-0.2, -0.15) is 0 Å². The first-order chi connectivity index (χ1) is 11.3. The Labute approximate surface area is 141 Å². The van der Waals surface area contributed by atoms with Crippen LogP contribution in [0.25, 0.3) is 10.9 Å². The Morgan fingerprint density at radius 1 is 1.12 bits per heavy atom. The van der Waals surface area contributed by atoms with E-state index in [1.54, 1.807) is 19.9 Å². The van der Waals surface area contributed by atoms with Crippen LogP contribution in [0.1, 0.15) is 43.2 Å². The van der Waals surface area contributed by atoms with E-state index in [4.69, 9.17) is 0 Å². The molecule has 2 aromatic rings. The summed E-state index contributed by atoms with van der Waals surface area (Å²) in [7, 11) is 0. The number of hydrogen-bond donors (Lipinski definition) is 3. The molecule has 2 rings (SSSR count). The van der Waals surface area contributed by atoms with Crippen LogP contribution in [-0.4, -0.2) is 34.7 Å². The average molecular weight is 329 g/mol. The minimum atomic E-state index is -0.783. The van der Waals surface area contributed by atoms with Gasteiger partial charge in [-0.25, -0.2) is 0 Å². The lowest BCUT2D eigenvalue weighted by atomic mass is 10.1. The minimum absolute atomic E-state index is 0.0171. The van der Waals surface area contributed by atoms with Gasteiger partial charge >= 0.3 is 0 Å². The monoisotopic (exact) mass is 329 g/mol. The number of amides is 2. The summed E-state index contributed by atoms with van der Waals surface area (Å²) in [5, 5.41) is 5.95. The number of H-pyrrole nitrogens is 1. The number of nitrogens with one attached hydrogen (secondary N) is 3. The van der Waals surface area contributed by atoms with Crippen LogP contribution >= 0.6 is 0 Å². The van der Waals surface area contributed by atoms with Crippen molar-refractivity contribution in [3.05, 3.63) is 35.5 Å². The summed E-state index contributed by atoms with van der Waals surface area (Å²) in [5.41, 5.74) is 1.78. The normalized spacial score (nSPS) is 13.3. The third kappa shape index (κ3) is 3.64. The van der Waals surface area contributed by atoms with Crippen LogP contribution in [0.4, 0.5) is 0 Å². The number of fused-ring (bicyclic) bond motifs is 1. The molecule has 3 N–H and O–H groups in total. The van der Waals surface area contributed by atoms with Crippen molar-refractivity contribution in [2.45, 2.75) is 46.2 Å². The van der Waals surface area contributed by atoms with Gasteiger partial charge in [0.2, 0.25) is 5.91 Å². The zero-order valence-electron chi connectivity index (χ0n) is 14.4. The number of rotatable bonds is 6. The van der Waals surface area contributed by atoms with Gasteiger partial charge in [-0.15, -0.1) is 0 Å². The van der Waals surface area contributed by atoms with Gasteiger partial charge in [-0.05, 0) is 33.3 Å². The molecule has 24 heavy (non-hydrogen) atoms. The molecule has 0 saturated heterocycles. The standard InChI is InChI=1S/C18H23N3O3/c1-5-10(2)19-17(23)12(4)21-18(24)16(22)15-11(3)20-14-9-7-6-8-13(14)15/h6-10,12,20H,5H2,1-4H3,(H,19,23)(H,21,24). The molecule has 6 nitrogen and oxygen atoms in total. The van der Waals surface area contributed by atoms with Gasteiger partial charge in [0, 0.05) is 22.6 Å². The summed E-state index contributed by atoms with van der Waals surface area (Å²) < 4.78 is 0. The third-order valence-corrected chi connectivity index (χ3v) is 4.07. The Morgan fingerprint density at radius 3 is 2.46 bits per heavy atom. The number of hydrogen-bond acceptors (Lipinski definition) is 3. The molecule has 1 aromatic carbocycles. The van der Waals surface area contributed by atoms with Crippen LogP contribution in [-0.2, 0) is 9.59 Å². The molecular weight excluding hydrogens is 306 g/mol. The smallest absolute Gasteiger partial charge is 0.293 e. The second-order valence-corrected chi connectivity index (χ2v) is 6.01. The molecule has 1 aromatic heterocycles. The van der Waals surface area contributed by atoms with Crippen molar-refractivity contribution in [3.63, 3.8) is 0 Å². The van der Waals surface area contributed by atoms with Crippen molar-refractivity contribution in [2.75, 3.05) is 0 Å². The number of aromatic nitrogens is 1. The van der Waals surface area contributed by atoms with Crippen molar-refractivity contribution in [2.24, 2.45) is 0 Å². The van der Waals surface area contributed by atoms with Gasteiger partial charge in [-0.3, -0.25) is 14.4 Å². The molecule has 2 unspecified atom stereocenters. The summed E-state index contributed by atoms with van der Waals surface area (Å²) in [5.74, 6) is -1.73. The second kappa shape index (κ2) is 7.29. The lowest BCUT2D eigenvalue weighted by Gasteiger charge is -2.17. The quantitative estimate of drug-likeness (QED) is 0.560. The van der Waals surface area contributed by atoms with Crippen LogP contribution in [0.3, 0.4) is 0 Å². The molecule has 1 heterocycles. The van der Waals surface area contributed by atoms with Gasteiger partial charge in [0.1, 0.15) is 6.04 Å². The highest BCUT2D eigenvalue weighted by Crippen LogP contribution is 2.22. The SMILES string of the molecule is CCC(C)NC(=O)C(C)NC(=O)C(=O)c1c(C)[nH]c2ccccc12. The maximum absolute atomic E-state index is 12.5. The Kier molecular flexibility index (Phi) is 5.39. The number of Topliss-reactive ketones (excluding diaryl/α,β-unsaturated/α-hetero) is 1. The van der Waals surface area contributed by atoms with Crippen LogP contribution in [0.2, 0.25) is 0 Å². The maximum Gasteiger partial charge on any atom is 0.293 e. The molecule has 0 spiro atoms. The zero-order valence-corrected chi connectivity index (χ0v) is 14.4. The van der Waals surface area contributed by atoms with E-state index >= 15 is 0 Å². The number of carbonyl (C=O) groups excluding carboxylic acids is 3. The van der Waals surface area contributed by atoms with Crippen LogP contribution in [0.15, 0.2) is 24.3 Å². The highest BCUT2D eigenvalue weighted by molar-refractivity contribution is 6.45. The van der Waals surface area contributed by atoms with Crippen molar-refractivity contribution in [1.29, 1.82) is 0 Å². The predicted octanol–water partition coefficient (Wildman–Crippen LogP) is 2.08. The number of ketones is 1. The van der Waals surface area contributed by atoms with E-state index in [9.17, 15) is 14.4 Å². The summed E-state index contributed by atoms with van der Waals surface area (Å²) in [6, 6.07) is 6.54. The van der Waals surface area contributed by atoms with Gasteiger partial charge in [-0.1, -0.05) is 25.1 Å². The van der Waals surface area contributed by atoms with Gasteiger partial charge in [0.15, 0.2) is 0 Å².